The standard InChI is InChI=1S/C16H24O5/c1-16(2,14(17)18)15(19)21-8-20-13-11-4-9-3-10(6-11)7-12(13)5-9/h9-13H,3-8H2,1-2H3,(H,17,18). The minimum atomic E-state index is -1.52. The molecule has 4 aliphatic rings. The smallest absolute Gasteiger partial charge is 0.325 e. The van der Waals surface area contributed by atoms with Gasteiger partial charge in [0.25, 0.3) is 0 Å². The number of esters is 1. The maximum absolute atomic E-state index is 11.8. The molecule has 0 amide bonds. The van der Waals surface area contributed by atoms with Gasteiger partial charge in [0, 0.05) is 0 Å². The third kappa shape index (κ3) is 2.68. The molecule has 4 saturated carbocycles. The Kier molecular flexibility index (Phi) is 3.72. The topological polar surface area (TPSA) is 72.8 Å². The van der Waals surface area contributed by atoms with Crippen LogP contribution in [-0.2, 0) is 19.1 Å². The molecule has 4 bridgehead atoms. The van der Waals surface area contributed by atoms with Crippen LogP contribution in [0.3, 0.4) is 0 Å². The van der Waals surface area contributed by atoms with E-state index in [1.165, 1.54) is 46.0 Å². The molecular formula is C16H24O5. The molecule has 0 unspecified atom stereocenters. The summed E-state index contributed by atoms with van der Waals surface area (Å²) in [5, 5.41) is 8.98. The molecule has 0 aromatic heterocycles. The predicted octanol–water partition coefficient (Wildman–Crippen LogP) is 2.44. The van der Waals surface area contributed by atoms with Crippen molar-refractivity contribution in [3.05, 3.63) is 0 Å². The first kappa shape index (κ1) is 14.8. The van der Waals surface area contributed by atoms with Crippen LogP contribution in [0, 0.1) is 29.1 Å². The van der Waals surface area contributed by atoms with Crippen molar-refractivity contribution in [2.24, 2.45) is 29.1 Å². The van der Waals surface area contributed by atoms with E-state index in [1.807, 2.05) is 0 Å². The Hall–Kier alpha value is -1.10. The van der Waals surface area contributed by atoms with Gasteiger partial charge in [-0.05, 0) is 69.6 Å². The highest BCUT2D eigenvalue weighted by molar-refractivity contribution is 5.98. The van der Waals surface area contributed by atoms with E-state index in [0.29, 0.717) is 11.8 Å². The molecule has 0 aromatic carbocycles. The van der Waals surface area contributed by atoms with Crippen LogP contribution < -0.4 is 0 Å². The number of ether oxygens (including phenoxy) is 2. The van der Waals surface area contributed by atoms with Crippen molar-refractivity contribution in [2.75, 3.05) is 6.79 Å². The quantitative estimate of drug-likeness (QED) is 0.479. The van der Waals surface area contributed by atoms with Crippen LogP contribution in [0.15, 0.2) is 0 Å². The molecular weight excluding hydrogens is 272 g/mol. The molecule has 0 atom stereocenters. The molecule has 0 heterocycles. The largest absolute Gasteiger partial charge is 0.480 e. The summed E-state index contributed by atoms with van der Waals surface area (Å²) in [6.45, 7) is 2.57. The Morgan fingerprint density at radius 2 is 1.57 bits per heavy atom. The first-order valence-electron chi connectivity index (χ1n) is 7.90. The van der Waals surface area contributed by atoms with E-state index in [0.717, 1.165) is 11.8 Å². The fraction of sp³-hybridized carbons (Fsp3) is 0.875. The van der Waals surface area contributed by atoms with Crippen LogP contribution in [0.25, 0.3) is 0 Å². The van der Waals surface area contributed by atoms with Crippen LogP contribution in [0.1, 0.15) is 46.0 Å². The first-order valence-corrected chi connectivity index (χ1v) is 7.90. The summed E-state index contributed by atoms with van der Waals surface area (Å²) in [6.07, 6.45) is 6.55. The fourth-order valence-electron chi connectivity index (χ4n) is 4.58. The molecule has 0 aliphatic heterocycles. The summed E-state index contributed by atoms with van der Waals surface area (Å²) in [7, 11) is 0. The number of carboxylic acids is 1. The summed E-state index contributed by atoms with van der Waals surface area (Å²) in [5.74, 6) is 1.04. The maximum atomic E-state index is 11.8. The summed E-state index contributed by atoms with van der Waals surface area (Å²) in [4.78, 5) is 22.8. The lowest BCUT2D eigenvalue weighted by atomic mass is 9.55. The van der Waals surface area contributed by atoms with Gasteiger partial charge in [0.05, 0.1) is 6.10 Å². The van der Waals surface area contributed by atoms with E-state index in [1.54, 1.807) is 0 Å². The number of rotatable bonds is 5. The Morgan fingerprint density at radius 1 is 1.05 bits per heavy atom. The number of carbonyl (C=O) groups is 2. The Bertz CT molecular complexity index is 414. The minimum absolute atomic E-state index is 0.122. The van der Waals surface area contributed by atoms with Crippen molar-refractivity contribution in [1.82, 2.24) is 0 Å². The third-order valence-corrected chi connectivity index (χ3v) is 5.64. The monoisotopic (exact) mass is 296 g/mol. The van der Waals surface area contributed by atoms with Gasteiger partial charge in [-0.1, -0.05) is 0 Å². The summed E-state index contributed by atoms with van der Waals surface area (Å²) in [5.41, 5.74) is -1.52. The zero-order chi connectivity index (χ0) is 15.2. The molecule has 4 rings (SSSR count). The highest BCUT2D eigenvalue weighted by Gasteiger charge is 2.49. The molecule has 4 aliphatic carbocycles. The lowest BCUT2D eigenvalue weighted by Gasteiger charge is -2.53. The van der Waals surface area contributed by atoms with Gasteiger partial charge in [0.1, 0.15) is 0 Å². The van der Waals surface area contributed by atoms with Crippen LogP contribution in [-0.4, -0.2) is 29.9 Å². The van der Waals surface area contributed by atoms with E-state index < -0.39 is 17.4 Å². The first-order chi connectivity index (χ1) is 9.88. The Morgan fingerprint density at radius 3 is 2.05 bits per heavy atom. The number of aliphatic carboxylic acids is 1. The lowest BCUT2D eigenvalue weighted by Crippen LogP contribution is -2.49. The normalized spacial score (nSPS) is 37.5. The Balaban J connectivity index is 1.50. The van der Waals surface area contributed by atoms with Crippen LogP contribution in [0.5, 0.6) is 0 Å². The summed E-state index contributed by atoms with van der Waals surface area (Å²) >= 11 is 0. The van der Waals surface area contributed by atoms with Gasteiger partial charge in [-0.3, -0.25) is 9.59 Å². The van der Waals surface area contributed by atoms with Crippen LogP contribution in [0.2, 0.25) is 0 Å². The molecule has 21 heavy (non-hydrogen) atoms. The number of carbonyl (C=O) groups excluding carboxylic acids is 1. The van der Waals surface area contributed by atoms with Crippen molar-refractivity contribution in [3.63, 3.8) is 0 Å². The van der Waals surface area contributed by atoms with Crippen LogP contribution in [0.4, 0.5) is 0 Å². The predicted molar refractivity (Wildman–Crippen MR) is 74.3 cm³/mol. The van der Waals surface area contributed by atoms with Gasteiger partial charge in [-0.2, -0.15) is 0 Å². The number of hydrogen-bond acceptors (Lipinski definition) is 4. The van der Waals surface area contributed by atoms with Gasteiger partial charge in [-0.25, -0.2) is 0 Å². The zero-order valence-corrected chi connectivity index (χ0v) is 12.7. The van der Waals surface area contributed by atoms with E-state index in [2.05, 4.69) is 0 Å². The van der Waals surface area contributed by atoms with Crippen molar-refractivity contribution >= 4 is 11.9 Å². The molecule has 5 nitrogen and oxygen atoms in total. The molecule has 0 spiro atoms. The molecule has 0 saturated heterocycles. The summed E-state index contributed by atoms with van der Waals surface area (Å²) in [6, 6.07) is 0. The van der Waals surface area contributed by atoms with Crippen molar-refractivity contribution < 1.29 is 24.2 Å². The third-order valence-electron chi connectivity index (χ3n) is 5.64. The van der Waals surface area contributed by atoms with Gasteiger partial charge in [0.2, 0.25) is 0 Å². The highest BCUT2D eigenvalue weighted by atomic mass is 16.7. The maximum Gasteiger partial charge on any atom is 0.325 e. The Labute approximate surface area is 125 Å². The molecule has 1 N–H and O–H groups in total. The second kappa shape index (κ2) is 5.27. The second-order valence-corrected chi connectivity index (χ2v) is 7.54. The van der Waals surface area contributed by atoms with Crippen molar-refractivity contribution in [1.29, 1.82) is 0 Å². The van der Waals surface area contributed by atoms with Gasteiger partial charge >= 0.3 is 11.9 Å². The highest BCUT2D eigenvalue weighted by Crippen LogP contribution is 2.54. The molecule has 0 radical (unpaired) electrons. The van der Waals surface area contributed by atoms with Crippen LogP contribution >= 0.6 is 0 Å². The average molecular weight is 296 g/mol. The molecule has 0 aromatic rings. The lowest BCUT2D eigenvalue weighted by molar-refractivity contribution is -0.195. The molecule has 5 heteroatoms. The number of hydrogen-bond donors (Lipinski definition) is 1. The second-order valence-electron chi connectivity index (χ2n) is 7.54. The minimum Gasteiger partial charge on any atom is -0.480 e. The zero-order valence-electron chi connectivity index (χ0n) is 12.7. The SMILES string of the molecule is CC(C)(C(=O)O)C(=O)OCOC1C2CC3CC(C2)CC1C3. The average Bonchev–Trinajstić information content (AvgIpc) is 2.40. The van der Waals surface area contributed by atoms with Crippen molar-refractivity contribution in [2.45, 2.75) is 52.1 Å². The van der Waals surface area contributed by atoms with Crippen molar-refractivity contribution in [3.8, 4) is 0 Å². The van der Waals surface area contributed by atoms with E-state index in [4.69, 9.17) is 14.6 Å². The number of carboxylic acid groups (broad SMARTS) is 1. The van der Waals surface area contributed by atoms with Gasteiger partial charge < -0.3 is 14.6 Å². The van der Waals surface area contributed by atoms with Gasteiger partial charge in [-0.15, -0.1) is 0 Å². The van der Waals surface area contributed by atoms with E-state index >= 15 is 0 Å². The summed E-state index contributed by atoms with van der Waals surface area (Å²) < 4.78 is 10.9. The van der Waals surface area contributed by atoms with Gasteiger partial charge in [0.15, 0.2) is 12.2 Å². The van der Waals surface area contributed by atoms with E-state index in [9.17, 15) is 9.59 Å². The fourth-order valence-corrected chi connectivity index (χ4v) is 4.58. The molecule has 4 fully saturated rings. The molecule has 118 valence electrons. The van der Waals surface area contributed by atoms with E-state index in [-0.39, 0.29) is 12.9 Å².